The summed E-state index contributed by atoms with van der Waals surface area (Å²) in [5, 5.41) is 11.7. The first-order valence-corrected chi connectivity index (χ1v) is 15.6. The van der Waals surface area contributed by atoms with Crippen molar-refractivity contribution in [2.45, 2.75) is 12.6 Å². The second-order valence-corrected chi connectivity index (χ2v) is 11.3. The van der Waals surface area contributed by atoms with Crippen LogP contribution in [0.1, 0.15) is 22.9 Å². The third kappa shape index (κ3) is 5.62. The number of carbonyl (C=O) groups is 1. The van der Waals surface area contributed by atoms with E-state index in [2.05, 4.69) is 4.90 Å². The predicted octanol–water partition coefficient (Wildman–Crippen LogP) is 6.55. The Kier molecular flexibility index (Phi) is 8.29. The van der Waals surface area contributed by atoms with Crippen LogP contribution in [-0.4, -0.2) is 61.3 Å². The van der Waals surface area contributed by atoms with Crippen LogP contribution in [-0.2, 0) is 11.2 Å². The van der Waals surface area contributed by atoms with Gasteiger partial charge in [-0.15, -0.1) is 5.10 Å². The minimum Gasteiger partial charge on any atom is -0.497 e. The molecule has 5 aromatic rings. The zero-order valence-corrected chi connectivity index (χ0v) is 27.2. The van der Waals surface area contributed by atoms with E-state index in [1.54, 1.807) is 34.5 Å². The van der Waals surface area contributed by atoms with Crippen molar-refractivity contribution < 1.29 is 23.7 Å². The van der Waals surface area contributed by atoms with Gasteiger partial charge in [-0.1, -0.05) is 18.2 Å². The maximum Gasteiger partial charge on any atom is 0.222 e. The zero-order chi connectivity index (χ0) is 33.2. The van der Waals surface area contributed by atoms with E-state index in [1.807, 2.05) is 113 Å². The number of hydrazone groups is 1. The number of anilines is 1. The molecule has 0 spiro atoms. The molecule has 242 valence electrons. The molecule has 2 aliphatic heterocycles. The van der Waals surface area contributed by atoms with Gasteiger partial charge in [-0.05, 0) is 96.9 Å². The number of carbonyl (C=O) groups excluding carboxylic acids is 1. The lowest BCUT2D eigenvalue weighted by molar-refractivity contribution is -0.109. The largest absolute Gasteiger partial charge is 0.497 e. The highest BCUT2D eigenvalue weighted by atomic mass is 16.5. The number of aromatic nitrogens is 2. The average molecular weight is 642 g/mol. The summed E-state index contributed by atoms with van der Waals surface area (Å²) in [5.41, 5.74) is 6.28. The number of rotatable bonds is 10. The second kappa shape index (κ2) is 13.0. The van der Waals surface area contributed by atoms with E-state index >= 15 is 0 Å². The number of nitrogens with zero attached hydrogens (tertiary/aromatic N) is 5. The molecular weight excluding hydrogens is 606 g/mol. The Balaban J connectivity index is 1.27. The lowest BCUT2D eigenvalue weighted by Crippen LogP contribution is -2.42. The van der Waals surface area contributed by atoms with Gasteiger partial charge in [0.1, 0.15) is 11.5 Å². The molecule has 0 fully saturated rings. The number of fused-ring (bicyclic) bond motifs is 3. The number of hydrogen-bond acceptors (Lipinski definition) is 9. The first kappa shape index (κ1) is 30.6. The Hall–Kier alpha value is -6.03. The maximum absolute atomic E-state index is 14.1. The summed E-state index contributed by atoms with van der Waals surface area (Å²) in [7, 11) is 6.53. The number of benzene rings is 4. The van der Waals surface area contributed by atoms with E-state index in [-0.39, 0.29) is 11.9 Å². The van der Waals surface area contributed by atoms with Crippen LogP contribution in [0.15, 0.2) is 108 Å². The molecule has 4 aromatic carbocycles. The Morgan fingerprint density at radius 2 is 1.46 bits per heavy atom. The highest BCUT2D eigenvalue weighted by molar-refractivity contribution is 6.44. The monoisotopic (exact) mass is 641 g/mol. The zero-order valence-electron chi connectivity index (χ0n) is 27.2. The van der Waals surface area contributed by atoms with Crippen molar-refractivity contribution in [3.05, 3.63) is 120 Å². The van der Waals surface area contributed by atoms with E-state index < -0.39 is 0 Å². The summed E-state index contributed by atoms with van der Waals surface area (Å²) in [4.78, 5) is 16.2. The lowest BCUT2D eigenvalue weighted by atomic mass is 9.95. The SMILES string of the molecule is COc1ccc(-c2nn(-c3ccccc3)cc2/C=C/C(=O)C2=NN(c3ccc(OC)cc3)C3c4cc(OC)c(OC)cc4CCN23)cc1. The van der Waals surface area contributed by atoms with Crippen molar-refractivity contribution in [3.63, 3.8) is 0 Å². The molecule has 0 amide bonds. The van der Waals surface area contributed by atoms with Gasteiger partial charge in [0.05, 0.1) is 45.5 Å². The van der Waals surface area contributed by atoms with Gasteiger partial charge in [0.15, 0.2) is 23.5 Å². The number of amidine groups is 1. The maximum atomic E-state index is 14.1. The summed E-state index contributed by atoms with van der Waals surface area (Å²) in [6.45, 7) is 0.598. The van der Waals surface area contributed by atoms with Crippen molar-refractivity contribution in [3.8, 4) is 39.9 Å². The van der Waals surface area contributed by atoms with Crippen LogP contribution in [0.3, 0.4) is 0 Å². The molecule has 0 saturated carbocycles. The van der Waals surface area contributed by atoms with Gasteiger partial charge in [0, 0.05) is 29.4 Å². The van der Waals surface area contributed by atoms with Crippen LogP contribution in [0, 0.1) is 0 Å². The third-order valence-electron chi connectivity index (χ3n) is 8.65. The molecule has 10 heteroatoms. The van der Waals surface area contributed by atoms with Crippen molar-refractivity contribution >= 4 is 23.4 Å². The smallest absolute Gasteiger partial charge is 0.222 e. The lowest BCUT2D eigenvalue weighted by Gasteiger charge is -2.37. The van der Waals surface area contributed by atoms with Gasteiger partial charge < -0.3 is 23.8 Å². The summed E-state index contributed by atoms with van der Waals surface area (Å²) < 4.78 is 23.8. The predicted molar refractivity (Wildman–Crippen MR) is 185 cm³/mol. The molecule has 2 aliphatic rings. The summed E-state index contributed by atoms with van der Waals surface area (Å²) in [6, 6.07) is 29.3. The Bertz CT molecular complexity index is 2000. The van der Waals surface area contributed by atoms with E-state index in [4.69, 9.17) is 29.1 Å². The molecule has 7 rings (SSSR count). The summed E-state index contributed by atoms with van der Waals surface area (Å²) in [5.74, 6) is 2.92. The first-order valence-electron chi connectivity index (χ1n) is 15.6. The van der Waals surface area contributed by atoms with Gasteiger partial charge in [-0.3, -0.25) is 4.79 Å². The summed E-state index contributed by atoms with van der Waals surface area (Å²) >= 11 is 0. The van der Waals surface area contributed by atoms with Crippen LogP contribution >= 0.6 is 0 Å². The molecular formula is C38H35N5O5. The standard InChI is InChI=1S/C38H35N5O5/c1-45-30-15-10-25(11-16-30)36-27(24-42(39-36)28-8-6-5-7-9-28)12-19-33(44)37-40-43(29-13-17-31(46-2)18-14-29)38-32-23-35(48-4)34(47-3)22-26(32)20-21-41(37)38/h5-19,22-24,38H,20-21H2,1-4H3/b19-12+. The Morgan fingerprint density at radius 1 is 0.792 bits per heavy atom. The average Bonchev–Trinajstić information content (AvgIpc) is 3.76. The molecule has 0 saturated heterocycles. The fourth-order valence-corrected chi connectivity index (χ4v) is 6.18. The molecule has 10 nitrogen and oxygen atoms in total. The minimum absolute atomic E-state index is 0.215. The topological polar surface area (TPSA) is 90.7 Å². The molecule has 0 radical (unpaired) electrons. The highest BCUT2D eigenvalue weighted by Crippen LogP contribution is 2.44. The molecule has 1 unspecified atom stereocenters. The van der Waals surface area contributed by atoms with Crippen LogP contribution in [0.25, 0.3) is 23.0 Å². The molecule has 1 atom stereocenters. The van der Waals surface area contributed by atoms with Crippen LogP contribution < -0.4 is 24.0 Å². The quantitative estimate of drug-likeness (QED) is 0.159. The van der Waals surface area contributed by atoms with Gasteiger partial charge in [0.25, 0.3) is 0 Å². The fourth-order valence-electron chi connectivity index (χ4n) is 6.18. The fraction of sp³-hybridized carbons (Fsp3) is 0.184. The number of ether oxygens (including phenoxy) is 4. The minimum atomic E-state index is -0.356. The molecule has 0 aliphatic carbocycles. The Morgan fingerprint density at radius 3 is 2.12 bits per heavy atom. The number of para-hydroxylation sites is 1. The normalized spacial score (nSPS) is 15.2. The molecule has 3 heterocycles. The van der Waals surface area contributed by atoms with Crippen LogP contribution in [0.5, 0.6) is 23.0 Å². The van der Waals surface area contributed by atoms with E-state index in [9.17, 15) is 4.79 Å². The molecule has 48 heavy (non-hydrogen) atoms. The number of ketones is 1. The van der Waals surface area contributed by atoms with Gasteiger partial charge in [0.2, 0.25) is 5.78 Å². The van der Waals surface area contributed by atoms with Gasteiger partial charge in [-0.2, -0.15) is 5.10 Å². The number of hydrogen-bond donors (Lipinski definition) is 0. The van der Waals surface area contributed by atoms with E-state index in [0.29, 0.717) is 30.3 Å². The van der Waals surface area contributed by atoms with E-state index in [1.165, 1.54) is 0 Å². The van der Waals surface area contributed by atoms with Crippen molar-refractivity contribution in [2.75, 3.05) is 40.0 Å². The first-order chi connectivity index (χ1) is 23.5. The molecule has 1 aromatic heterocycles. The Labute approximate surface area is 279 Å². The molecule has 0 N–H and O–H groups in total. The highest BCUT2D eigenvalue weighted by Gasteiger charge is 2.42. The van der Waals surface area contributed by atoms with Gasteiger partial charge >= 0.3 is 0 Å². The summed E-state index contributed by atoms with van der Waals surface area (Å²) in [6.07, 6.45) is 5.68. The van der Waals surface area contributed by atoms with Gasteiger partial charge in [-0.25, -0.2) is 9.69 Å². The second-order valence-electron chi connectivity index (χ2n) is 11.3. The molecule has 0 bridgehead atoms. The van der Waals surface area contributed by atoms with Crippen LogP contribution in [0.2, 0.25) is 0 Å². The van der Waals surface area contributed by atoms with Crippen molar-refractivity contribution in [2.24, 2.45) is 5.10 Å². The van der Waals surface area contributed by atoms with Crippen molar-refractivity contribution in [1.29, 1.82) is 0 Å². The third-order valence-corrected chi connectivity index (χ3v) is 8.65. The number of methoxy groups -OCH3 is 4. The van der Waals surface area contributed by atoms with Crippen LogP contribution in [0.4, 0.5) is 5.69 Å². The van der Waals surface area contributed by atoms with Crippen molar-refractivity contribution in [1.82, 2.24) is 14.7 Å². The van der Waals surface area contributed by atoms with E-state index in [0.717, 1.165) is 50.8 Å².